The van der Waals surface area contributed by atoms with Gasteiger partial charge >= 0.3 is 0 Å². The molecule has 9 aliphatic heterocycles. The Labute approximate surface area is 695 Å². The Morgan fingerprint density at radius 1 is 0.417 bits per heavy atom. The van der Waals surface area contributed by atoms with E-state index in [4.69, 9.17) is 33.9 Å². The van der Waals surface area contributed by atoms with Crippen LogP contribution in [0, 0.1) is 23.3 Å². The molecule has 630 valence electrons. The summed E-state index contributed by atoms with van der Waals surface area (Å²) >= 11 is 0. The predicted molar refractivity (Wildman–Crippen MR) is 456 cm³/mol. The van der Waals surface area contributed by atoms with Gasteiger partial charge in [-0.1, -0.05) is 13.8 Å². The minimum Gasteiger partial charge on any atom is -0.492 e. The second-order valence-electron chi connectivity index (χ2n) is 33.1. The number of aromatic nitrogens is 12. The van der Waals surface area contributed by atoms with Gasteiger partial charge in [0.05, 0.1) is 42.9 Å². The Kier molecular flexibility index (Phi) is 23.7. The average molecular weight is 1640 g/mol. The van der Waals surface area contributed by atoms with Gasteiger partial charge in [0.2, 0.25) is 0 Å². The zero-order valence-electron chi connectivity index (χ0n) is 68.9. The summed E-state index contributed by atoms with van der Waals surface area (Å²) in [6, 6.07) is 30.3. The molecule has 8 aromatic heterocycles. The smallest absolute Gasteiger partial charge is 0.165 e. The van der Waals surface area contributed by atoms with E-state index in [0.717, 1.165) is 161 Å². The van der Waals surface area contributed by atoms with Crippen molar-refractivity contribution in [1.82, 2.24) is 98.0 Å². The van der Waals surface area contributed by atoms with E-state index in [0.29, 0.717) is 134 Å². The van der Waals surface area contributed by atoms with Gasteiger partial charge in [-0.25, -0.2) is 55.6 Å². The summed E-state index contributed by atoms with van der Waals surface area (Å²) in [5.41, 5.74) is 6.98. The van der Waals surface area contributed by atoms with Crippen LogP contribution in [0.15, 0.2) is 147 Å². The molecular weight excluding hydrogens is 1530 g/mol. The van der Waals surface area contributed by atoms with Crippen molar-refractivity contribution in [3.63, 3.8) is 0 Å². The third kappa shape index (κ3) is 17.4. The van der Waals surface area contributed by atoms with Crippen LogP contribution < -0.4 is 45.1 Å². The summed E-state index contributed by atoms with van der Waals surface area (Å²) in [5.74, 6) is 4.63. The largest absolute Gasteiger partial charge is 0.492 e. The average Bonchev–Trinajstić information content (AvgIpc) is 1.62. The molecule has 18 bridgehead atoms. The highest BCUT2D eigenvalue weighted by molar-refractivity contribution is 5.82. The monoisotopic (exact) mass is 1640 g/mol. The van der Waals surface area contributed by atoms with E-state index < -0.39 is 0 Å². The van der Waals surface area contributed by atoms with Gasteiger partial charge in [0.1, 0.15) is 95.5 Å². The summed E-state index contributed by atoms with van der Waals surface area (Å²) < 4.78 is 90.5. The standard InChI is InChI=1S/C23H27FN6O.C23H29FN6O.C22H27FN6O.C20H23FN6O/c1-27-9-10-28-13-16-3-2-7-29(16)15-18(14-28)31-17-4-5-21(24)19(11-17)20-12-25-30-8-6-22(27)26-23(20)30;1-3-8-28-14-17-15-31-18-4-5-21(24)19(11-18)20-12-26-30-9-6-22(27-23(20)30)25-7-10-29(17)13-16(28)2;1-3-27-13-16-14-30-17-4-5-20(23)18(10-17)19-11-25-29-8-6-21(26-22(19)29)24-7-9-28(16)12-15(27)2;1-13-11-26-7-5-22-19-4-6-27-20(25-19)17(10-24-27)16-8-15(2-3-18(16)21)28-12-14(26)9-23-13/h4-6,8,11-12,16,18H,2-3,7,9-10,13-15H2,1H3;4-6,9,11-12,16-17H,3,7-8,10,13-15H2,1-2H3,(H,25,27);4-6,8,10-11,15-16H,3,7,9,12-14H2,1-2H3,(H,24,26);2-4,6,8,10,13-14,23H,5,7,9,11-12H2,1H3,(H,22,25)/t16-,18-;16-,17+;15-,16+;13-,14+/m0111/s1. The lowest BCUT2D eigenvalue weighted by Crippen LogP contribution is -2.59. The van der Waals surface area contributed by atoms with E-state index >= 15 is 0 Å². The fraction of sp³-hybridized carbons (Fsp3) is 0.455. The molecule has 12 aromatic rings. The van der Waals surface area contributed by atoms with Crippen molar-refractivity contribution in [3.8, 4) is 67.5 Å². The number of hydrogen-bond acceptors (Lipinski definition) is 24. The molecule has 28 nitrogen and oxygen atoms in total. The van der Waals surface area contributed by atoms with Crippen LogP contribution in [-0.4, -0.2) is 299 Å². The molecule has 21 rings (SSSR count). The maximum Gasteiger partial charge on any atom is 0.165 e. The van der Waals surface area contributed by atoms with Crippen LogP contribution in [-0.2, 0) is 0 Å². The van der Waals surface area contributed by atoms with Gasteiger partial charge in [0.15, 0.2) is 22.6 Å². The zero-order valence-corrected chi connectivity index (χ0v) is 68.9. The lowest BCUT2D eigenvalue weighted by atomic mass is 10.1. The van der Waals surface area contributed by atoms with E-state index in [2.05, 4.69) is 128 Å². The molecule has 32 heteroatoms. The lowest BCUT2D eigenvalue weighted by molar-refractivity contribution is 0.0170. The van der Waals surface area contributed by atoms with Crippen LogP contribution in [0.3, 0.4) is 0 Å². The molecule has 0 spiro atoms. The van der Waals surface area contributed by atoms with Crippen molar-refractivity contribution in [1.29, 1.82) is 0 Å². The Balaban J connectivity index is 0.000000110. The number of fused-ring (bicyclic) bond motifs is 22. The molecule has 0 radical (unpaired) electrons. The number of nitrogens with zero attached hydrogens (tertiary/aromatic N) is 20. The summed E-state index contributed by atoms with van der Waals surface area (Å²) in [7, 11) is 2.07. The first-order chi connectivity index (χ1) is 58.5. The molecular formula is C88H106F4N24O4. The number of nitrogens with one attached hydrogen (secondary N) is 4. The van der Waals surface area contributed by atoms with E-state index in [1.165, 1.54) is 37.1 Å². The van der Waals surface area contributed by atoms with Gasteiger partial charge in [0, 0.05) is 212 Å². The van der Waals surface area contributed by atoms with Crippen molar-refractivity contribution >= 4 is 45.9 Å². The molecule has 5 fully saturated rings. The highest BCUT2D eigenvalue weighted by Crippen LogP contribution is 2.37. The Morgan fingerprint density at radius 3 is 1.34 bits per heavy atom. The fourth-order valence-corrected chi connectivity index (χ4v) is 18.4. The van der Waals surface area contributed by atoms with Gasteiger partial charge in [-0.15, -0.1) is 0 Å². The Bertz CT molecular complexity index is 5590. The fourth-order valence-electron chi connectivity index (χ4n) is 18.4. The molecule has 9 aliphatic rings. The van der Waals surface area contributed by atoms with E-state index in [1.54, 1.807) is 91.4 Å². The second-order valence-corrected chi connectivity index (χ2v) is 33.1. The molecule has 120 heavy (non-hydrogen) atoms. The van der Waals surface area contributed by atoms with Crippen molar-refractivity contribution < 1.29 is 36.5 Å². The maximum atomic E-state index is 14.9. The number of rotatable bonds is 3. The third-order valence-electron chi connectivity index (χ3n) is 24.9. The van der Waals surface area contributed by atoms with Gasteiger partial charge in [-0.05, 0) is 157 Å². The molecule has 5 saturated heterocycles. The van der Waals surface area contributed by atoms with Crippen molar-refractivity contribution in [2.45, 2.75) is 102 Å². The van der Waals surface area contributed by atoms with Crippen molar-refractivity contribution in [3.05, 3.63) is 170 Å². The van der Waals surface area contributed by atoms with Crippen LogP contribution in [0.25, 0.3) is 67.1 Å². The third-order valence-corrected chi connectivity index (χ3v) is 24.9. The van der Waals surface area contributed by atoms with Gasteiger partial charge in [0.25, 0.3) is 0 Å². The number of piperazine rings is 3. The number of anilines is 4. The Hall–Kier alpha value is -10.8. The Morgan fingerprint density at radius 2 is 0.850 bits per heavy atom. The zero-order chi connectivity index (χ0) is 82.1. The maximum absolute atomic E-state index is 14.9. The quantitative estimate of drug-likeness (QED) is 0.120. The first-order valence-electron chi connectivity index (χ1n) is 42.5. The molecule has 0 aliphatic carbocycles. The number of ether oxygens (including phenoxy) is 4. The van der Waals surface area contributed by atoms with Crippen molar-refractivity contribution in [2.75, 3.05) is 179 Å². The highest BCUT2D eigenvalue weighted by atomic mass is 19.1. The van der Waals surface area contributed by atoms with E-state index in [9.17, 15) is 17.6 Å². The summed E-state index contributed by atoms with van der Waals surface area (Å²) in [6.07, 6.45) is 17.8. The number of halogens is 4. The van der Waals surface area contributed by atoms with Crippen LogP contribution in [0.4, 0.5) is 40.8 Å². The molecule has 17 heterocycles. The number of likely N-dealkylation sites (N-methyl/N-ethyl adjacent to an activating group) is 2. The first kappa shape index (κ1) is 80.2. The lowest BCUT2D eigenvalue weighted by Gasteiger charge is -2.45. The van der Waals surface area contributed by atoms with E-state index in [-0.39, 0.29) is 47.5 Å². The molecule has 1 unspecified atom stereocenters. The summed E-state index contributed by atoms with van der Waals surface area (Å²) in [4.78, 5) is 38.6. The van der Waals surface area contributed by atoms with Gasteiger partial charge in [-0.3, -0.25) is 34.3 Å². The van der Waals surface area contributed by atoms with Crippen molar-refractivity contribution in [2.24, 2.45) is 0 Å². The van der Waals surface area contributed by atoms with E-state index in [1.807, 2.05) is 49.1 Å². The molecule has 0 amide bonds. The molecule has 9 atom stereocenters. The van der Waals surface area contributed by atoms with Crippen LogP contribution >= 0.6 is 0 Å². The first-order valence-corrected chi connectivity index (χ1v) is 42.5. The summed E-state index contributed by atoms with van der Waals surface area (Å²) in [5, 5.41) is 31.2. The minimum absolute atomic E-state index is 0.0535. The van der Waals surface area contributed by atoms with Crippen LogP contribution in [0.1, 0.15) is 53.9 Å². The number of benzene rings is 4. The van der Waals surface area contributed by atoms with Gasteiger partial charge in [-0.2, -0.15) is 20.4 Å². The topological polar surface area (TPSA) is 232 Å². The summed E-state index contributed by atoms with van der Waals surface area (Å²) in [6.45, 7) is 31.7. The SMILES string of the molecule is CCCN1C[C@H]2COc3ccc(F)c(c3)-c3cnn4ccc(nc34)NCCN2C[C@H]1C.CCN1C[C@H]2COc3ccc(F)c(c3)-c3cnn4ccc(nc34)NCCN2C[C@H]1C.CN1CCN2C[C@@H](CN3CCC[C@H]3C2)Oc2ccc(F)c(c2)-c2cnn3ccc1nc23.C[C@@H]1CN2CCNc3ccn4ncc(c4n3)-c3cc(ccc3F)OC[C@@H]2CN1. The van der Waals surface area contributed by atoms with Crippen LogP contribution in [0.2, 0.25) is 0 Å². The normalized spacial score (nSPS) is 23.7. The highest BCUT2D eigenvalue weighted by Gasteiger charge is 2.37. The predicted octanol–water partition coefficient (Wildman–Crippen LogP) is 10.4. The van der Waals surface area contributed by atoms with Crippen LogP contribution in [0.5, 0.6) is 23.0 Å². The molecule has 4 aromatic carbocycles. The second kappa shape index (κ2) is 35.5. The molecule has 0 saturated carbocycles. The van der Waals surface area contributed by atoms with Gasteiger partial charge < -0.3 is 45.1 Å². The minimum atomic E-state index is -0.315. The number of hydrogen-bond donors (Lipinski definition) is 4. The molecule has 4 N–H and O–H groups in total.